The summed E-state index contributed by atoms with van der Waals surface area (Å²) in [5, 5.41) is 13.6. The molecule has 7 heteroatoms. The highest BCUT2D eigenvalue weighted by atomic mass is 16.4. The van der Waals surface area contributed by atoms with Crippen molar-refractivity contribution in [2.24, 2.45) is 5.92 Å². The van der Waals surface area contributed by atoms with Crippen LogP contribution in [-0.2, 0) is 4.79 Å². The molecule has 24 heavy (non-hydrogen) atoms. The van der Waals surface area contributed by atoms with Crippen LogP contribution in [0.3, 0.4) is 0 Å². The van der Waals surface area contributed by atoms with Gasteiger partial charge in [0.25, 0.3) is 5.91 Å². The van der Waals surface area contributed by atoms with Crippen molar-refractivity contribution in [1.29, 1.82) is 0 Å². The molecule has 2 unspecified atom stereocenters. The van der Waals surface area contributed by atoms with E-state index in [1.54, 1.807) is 28.6 Å². The number of pyridine rings is 1. The second kappa shape index (κ2) is 6.07. The fourth-order valence-corrected chi connectivity index (χ4v) is 3.22. The fourth-order valence-electron chi connectivity index (χ4n) is 3.22. The van der Waals surface area contributed by atoms with Gasteiger partial charge in [0.1, 0.15) is 0 Å². The number of amides is 1. The van der Waals surface area contributed by atoms with E-state index < -0.39 is 11.9 Å². The van der Waals surface area contributed by atoms with E-state index in [-0.39, 0.29) is 11.9 Å². The van der Waals surface area contributed by atoms with E-state index in [1.165, 1.54) is 6.20 Å². The Morgan fingerprint density at radius 2 is 2.04 bits per heavy atom. The molecule has 1 N–H and O–H groups in total. The van der Waals surface area contributed by atoms with Gasteiger partial charge in [0.15, 0.2) is 5.82 Å². The van der Waals surface area contributed by atoms with Gasteiger partial charge in [0.05, 0.1) is 17.2 Å². The number of carbonyl (C=O) groups is 2. The number of hydrogen-bond acceptors (Lipinski definition) is 4. The third kappa shape index (κ3) is 2.77. The zero-order valence-electron chi connectivity index (χ0n) is 13.9. The van der Waals surface area contributed by atoms with Gasteiger partial charge in [-0.05, 0) is 45.4 Å². The molecule has 1 aliphatic rings. The number of aliphatic carboxylic acids is 1. The average molecular weight is 328 g/mol. The van der Waals surface area contributed by atoms with Crippen molar-refractivity contribution < 1.29 is 14.7 Å². The number of hydrogen-bond donors (Lipinski definition) is 1. The number of carbonyl (C=O) groups excluding carboxylic acids is 1. The SMILES string of the molecule is Cc1cc(C)n(-c2ccc(C(=O)N3CCC(C(=O)O)C3C)cn2)n1. The van der Waals surface area contributed by atoms with Crippen LogP contribution in [0.15, 0.2) is 24.4 Å². The third-order valence-corrected chi connectivity index (χ3v) is 4.55. The van der Waals surface area contributed by atoms with Crippen molar-refractivity contribution in [3.63, 3.8) is 0 Å². The Labute approximate surface area is 139 Å². The van der Waals surface area contributed by atoms with E-state index in [2.05, 4.69) is 10.1 Å². The minimum Gasteiger partial charge on any atom is -0.481 e. The molecule has 3 rings (SSSR count). The van der Waals surface area contributed by atoms with Crippen molar-refractivity contribution in [1.82, 2.24) is 19.7 Å². The molecule has 0 bridgehead atoms. The molecule has 2 aromatic heterocycles. The second-order valence-electron chi connectivity index (χ2n) is 6.22. The number of carboxylic acids is 1. The Hall–Kier alpha value is -2.70. The lowest BCUT2D eigenvalue weighted by Gasteiger charge is -2.23. The number of aryl methyl sites for hydroxylation is 2. The first-order valence-corrected chi connectivity index (χ1v) is 7.92. The summed E-state index contributed by atoms with van der Waals surface area (Å²) in [5.74, 6) is -0.889. The van der Waals surface area contributed by atoms with Crippen LogP contribution in [0.1, 0.15) is 35.1 Å². The summed E-state index contributed by atoms with van der Waals surface area (Å²) in [7, 11) is 0. The van der Waals surface area contributed by atoms with Crippen LogP contribution in [0.4, 0.5) is 0 Å². The van der Waals surface area contributed by atoms with Crippen LogP contribution in [0.5, 0.6) is 0 Å². The van der Waals surface area contributed by atoms with Crippen molar-refractivity contribution in [2.75, 3.05) is 6.54 Å². The van der Waals surface area contributed by atoms with Crippen molar-refractivity contribution >= 4 is 11.9 Å². The fraction of sp³-hybridized carbons (Fsp3) is 0.412. The first-order chi connectivity index (χ1) is 11.4. The lowest BCUT2D eigenvalue weighted by atomic mass is 10.0. The maximum atomic E-state index is 12.6. The minimum atomic E-state index is -0.851. The van der Waals surface area contributed by atoms with Crippen LogP contribution in [0.25, 0.3) is 5.82 Å². The van der Waals surface area contributed by atoms with Gasteiger partial charge in [0.2, 0.25) is 0 Å². The zero-order valence-corrected chi connectivity index (χ0v) is 13.9. The van der Waals surface area contributed by atoms with Gasteiger partial charge >= 0.3 is 5.97 Å². The van der Waals surface area contributed by atoms with Crippen LogP contribution < -0.4 is 0 Å². The van der Waals surface area contributed by atoms with Crippen molar-refractivity contribution in [3.05, 3.63) is 41.3 Å². The molecule has 0 spiro atoms. The second-order valence-corrected chi connectivity index (χ2v) is 6.22. The minimum absolute atomic E-state index is 0.182. The molecule has 7 nitrogen and oxygen atoms in total. The zero-order chi connectivity index (χ0) is 17.4. The predicted molar refractivity (Wildman–Crippen MR) is 87.1 cm³/mol. The van der Waals surface area contributed by atoms with Crippen molar-refractivity contribution in [3.8, 4) is 5.82 Å². The standard InChI is InChI=1S/C17H20N4O3/c1-10-8-11(2)21(19-10)15-5-4-13(9-18-15)16(22)20-7-6-14(12(20)3)17(23)24/h4-5,8-9,12,14H,6-7H2,1-3H3,(H,23,24). The Morgan fingerprint density at radius 3 is 2.54 bits per heavy atom. The molecule has 1 fully saturated rings. The summed E-state index contributed by atoms with van der Waals surface area (Å²) in [5.41, 5.74) is 2.33. The summed E-state index contributed by atoms with van der Waals surface area (Å²) >= 11 is 0. The first-order valence-electron chi connectivity index (χ1n) is 7.92. The molecule has 0 radical (unpaired) electrons. The summed E-state index contributed by atoms with van der Waals surface area (Å²) in [6, 6.07) is 5.11. The summed E-state index contributed by atoms with van der Waals surface area (Å²) < 4.78 is 1.72. The van der Waals surface area contributed by atoms with E-state index >= 15 is 0 Å². The molecule has 1 amide bonds. The van der Waals surface area contributed by atoms with Crippen LogP contribution in [0.2, 0.25) is 0 Å². The predicted octanol–water partition coefficient (Wildman–Crippen LogP) is 1.82. The smallest absolute Gasteiger partial charge is 0.308 e. The number of rotatable bonds is 3. The Morgan fingerprint density at radius 1 is 1.29 bits per heavy atom. The highest BCUT2D eigenvalue weighted by molar-refractivity contribution is 5.95. The molecule has 0 aliphatic carbocycles. The number of carboxylic acid groups (broad SMARTS) is 1. The largest absolute Gasteiger partial charge is 0.481 e. The first kappa shape index (κ1) is 16.2. The van der Waals surface area contributed by atoms with Gasteiger partial charge in [-0.3, -0.25) is 9.59 Å². The summed E-state index contributed by atoms with van der Waals surface area (Å²) in [6.07, 6.45) is 2.01. The quantitative estimate of drug-likeness (QED) is 0.928. The summed E-state index contributed by atoms with van der Waals surface area (Å²) in [6.45, 7) is 6.09. The monoisotopic (exact) mass is 328 g/mol. The molecule has 126 valence electrons. The molecule has 3 heterocycles. The maximum absolute atomic E-state index is 12.6. The molecular weight excluding hydrogens is 308 g/mol. The van der Waals surface area contributed by atoms with Gasteiger partial charge in [-0.15, -0.1) is 0 Å². The van der Waals surface area contributed by atoms with Crippen molar-refractivity contribution in [2.45, 2.75) is 33.2 Å². The van der Waals surface area contributed by atoms with E-state index in [4.69, 9.17) is 0 Å². The van der Waals surface area contributed by atoms with Crippen LogP contribution in [0, 0.1) is 19.8 Å². The Bertz CT molecular complexity index is 782. The molecule has 1 saturated heterocycles. The lowest BCUT2D eigenvalue weighted by molar-refractivity contribution is -0.142. The van der Waals surface area contributed by atoms with Gasteiger partial charge in [-0.25, -0.2) is 9.67 Å². The molecule has 2 atom stereocenters. The molecule has 0 saturated carbocycles. The highest BCUT2D eigenvalue weighted by Gasteiger charge is 2.38. The maximum Gasteiger partial charge on any atom is 0.308 e. The van der Waals surface area contributed by atoms with E-state index in [0.717, 1.165) is 11.4 Å². The highest BCUT2D eigenvalue weighted by Crippen LogP contribution is 2.26. The molecule has 0 aromatic carbocycles. The van der Waals surface area contributed by atoms with E-state index in [0.29, 0.717) is 24.3 Å². The van der Waals surface area contributed by atoms with Crippen LogP contribution in [-0.4, -0.2) is 49.2 Å². The summed E-state index contributed by atoms with van der Waals surface area (Å²) in [4.78, 5) is 29.7. The van der Waals surface area contributed by atoms with Gasteiger partial charge in [0, 0.05) is 24.5 Å². The Kier molecular flexibility index (Phi) is 4.09. The van der Waals surface area contributed by atoms with Gasteiger partial charge < -0.3 is 10.0 Å². The number of likely N-dealkylation sites (tertiary alicyclic amines) is 1. The topological polar surface area (TPSA) is 88.3 Å². The van der Waals surface area contributed by atoms with Gasteiger partial charge in [-0.2, -0.15) is 5.10 Å². The number of aromatic nitrogens is 3. The Balaban J connectivity index is 1.80. The number of nitrogens with zero attached hydrogens (tertiary/aromatic N) is 4. The van der Waals surface area contributed by atoms with E-state index in [1.807, 2.05) is 19.9 Å². The average Bonchev–Trinajstić information content (AvgIpc) is 3.09. The normalized spacial score (nSPS) is 20.4. The molecule has 2 aromatic rings. The van der Waals surface area contributed by atoms with E-state index in [9.17, 15) is 14.7 Å². The third-order valence-electron chi connectivity index (χ3n) is 4.55. The van der Waals surface area contributed by atoms with Gasteiger partial charge in [-0.1, -0.05) is 0 Å². The lowest BCUT2D eigenvalue weighted by Crippen LogP contribution is -2.37. The van der Waals surface area contributed by atoms with Crippen LogP contribution >= 0.6 is 0 Å². The molecular formula is C17H20N4O3. The molecule has 1 aliphatic heterocycles.